The Balaban J connectivity index is 2.50. The van der Waals surface area contributed by atoms with Crippen LogP contribution in [-0.4, -0.2) is 0 Å². The number of hydrogen-bond acceptors (Lipinski definition) is 4. The third-order valence-corrected chi connectivity index (χ3v) is 1.64. The second-order valence-electron chi connectivity index (χ2n) is 2.36. The molecule has 2 N–H and O–H groups in total. The van der Waals surface area contributed by atoms with Gasteiger partial charge in [0.15, 0.2) is 0 Å². The van der Waals surface area contributed by atoms with E-state index in [1.807, 2.05) is 24.3 Å². The molecular formula is C7H8N4. The molecule has 0 bridgehead atoms. The lowest BCUT2D eigenvalue weighted by atomic mass is 10.2. The van der Waals surface area contributed by atoms with E-state index in [9.17, 15) is 0 Å². The van der Waals surface area contributed by atoms with Gasteiger partial charge < -0.3 is 0 Å². The normalized spacial score (nSPS) is 14.8. The van der Waals surface area contributed by atoms with Crippen LogP contribution in [-0.2, 0) is 6.54 Å². The van der Waals surface area contributed by atoms with E-state index in [4.69, 9.17) is 5.84 Å². The van der Waals surface area contributed by atoms with Crippen molar-refractivity contribution in [2.45, 2.75) is 6.54 Å². The van der Waals surface area contributed by atoms with Gasteiger partial charge in [0.2, 0.25) is 0 Å². The first kappa shape index (κ1) is 6.30. The smallest absolute Gasteiger partial charge is 0.0892 e. The monoisotopic (exact) mass is 148 g/mol. The predicted molar refractivity (Wildman–Crippen MR) is 41.7 cm³/mol. The Kier molecular flexibility index (Phi) is 1.33. The van der Waals surface area contributed by atoms with Crippen LogP contribution in [0.15, 0.2) is 34.6 Å². The van der Waals surface area contributed by atoms with E-state index < -0.39 is 0 Å². The van der Waals surface area contributed by atoms with Crippen molar-refractivity contribution in [1.82, 2.24) is 0 Å². The Morgan fingerprint density at radius 2 is 2.18 bits per heavy atom. The van der Waals surface area contributed by atoms with Crippen molar-refractivity contribution in [2.75, 3.05) is 5.12 Å². The first-order valence-electron chi connectivity index (χ1n) is 3.38. The van der Waals surface area contributed by atoms with Crippen LogP contribution in [0.2, 0.25) is 0 Å². The minimum absolute atomic E-state index is 0.629. The van der Waals surface area contributed by atoms with Crippen LogP contribution >= 0.6 is 0 Å². The third kappa shape index (κ3) is 0.969. The highest BCUT2D eigenvalue weighted by atomic mass is 15.7. The molecule has 1 aromatic rings. The summed E-state index contributed by atoms with van der Waals surface area (Å²) < 4.78 is 0. The second kappa shape index (κ2) is 2.32. The molecule has 0 aliphatic carbocycles. The maximum absolute atomic E-state index is 5.52. The number of rotatable bonds is 0. The minimum Gasteiger partial charge on any atom is -0.225 e. The molecule has 1 aliphatic rings. The van der Waals surface area contributed by atoms with E-state index in [1.54, 1.807) is 0 Å². The third-order valence-electron chi connectivity index (χ3n) is 1.64. The molecule has 2 rings (SSSR count). The summed E-state index contributed by atoms with van der Waals surface area (Å²) in [6.45, 7) is 0.629. The first-order valence-corrected chi connectivity index (χ1v) is 3.38. The Bertz CT molecular complexity index is 294. The molecule has 0 amide bonds. The topological polar surface area (TPSA) is 54.0 Å². The lowest BCUT2D eigenvalue weighted by Gasteiger charge is -2.17. The maximum Gasteiger partial charge on any atom is 0.0892 e. The molecular weight excluding hydrogens is 140 g/mol. The molecule has 0 aromatic heterocycles. The van der Waals surface area contributed by atoms with Crippen LogP contribution in [0.5, 0.6) is 0 Å². The zero-order chi connectivity index (χ0) is 7.68. The summed E-state index contributed by atoms with van der Waals surface area (Å²) in [4.78, 5) is 0. The largest absolute Gasteiger partial charge is 0.225 e. The van der Waals surface area contributed by atoms with Crippen molar-refractivity contribution >= 4 is 5.69 Å². The van der Waals surface area contributed by atoms with Gasteiger partial charge in [0.05, 0.1) is 12.2 Å². The summed E-state index contributed by atoms with van der Waals surface area (Å²) in [6.07, 6.45) is 0. The predicted octanol–water partition coefficient (Wildman–Crippen LogP) is 1.25. The van der Waals surface area contributed by atoms with Gasteiger partial charge in [0, 0.05) is 5.56 Å². The number of nitrogens with two attached hydrogens (primary N) is 1. The number of hydrogen-bond donors (Lipinski definition) is 1. The van der Waals surface area contributed by atoms with Crippen LogP contribution in [0.1, 0.15) is 5.56 Å². The molecule has 4 nitrogen and oxygen atoms in total. The molecule has 0 radical (unpaired) electrons. The summed E-state index contributed by atoms with van der Waals surface area (Å²) >= 11 is 0. The molecule has 1 heterocycles. The van der Waals surface area contributed by atoms with E-state index in [1.165, 1.54) is 5.12 Å². The molecule has 0 spiro atoms. The molecule has 0 unspecified atom stereocenters. The molecule has 0 saturated carbocycles. The van der Waals surface area contributed by atoms with Crippen LogP contribution in [0.4, 0.5) is 5.69 Å². The number of para-hydroxylation sites is 1. The van der Waals surface area contributed by atoms with Gasteiger partial charge >= 0.3 is 0 Å². The van der Waals surface area contributed by atoms with Crippen molar-refractivity contribution in [1.29, 1.82) is 0 Å². The van der Waals surface area contributed by atoms with Crippen LogP contribution in [0, 0.1) is 0 Å². The molecule has 0 saturated heterocycles. The average Bonchev–Trinajstić information content (AvgIpc) is 2.06. The van der Waals surface area contributed by atoms with Crippen LogP contribution < -0.4 is 11.0 Å². The molecule has 1 aromatic carbocycles. The molecule has 0 atom stereocenters. The Hall–Kier alpha value is -1.42. The quantitative estimate of drug-likeness (QED) is 0.563. The molecule has 4 heteroatoms. The Morgan fingerprint density at radius 1 is 1.36 bits per heavy atom. The SMILES string of the molecule is NN1N=NCc2ccccc21. The van der Waals surface area contributed by atoms with Crippen molar-refractivity contribution in [3.63, 3.8) is 0 Å². The van der Waals surface area contributed by atoms with E-state index in [0.29, 0.717) is 6.54 Å². The molecule has 0 fully saturated rings. The fourth-order valence-corrected chi connectivity index (χ4v) is 1.09. The van der Waals surface area contributed by atoms with Crippen molar-refractivity contribution in [3.8, 4) is 0 Å². The average molecular weight is 148 g/mol. The number of anilines is 1. The fraction of sp³-hybridized carbons (Fsp3) is 0.143. The minimum atomic E-state index is 0.629. The molecule has 1 aliphatic heterocycles. The second-order valence-corrected chi connectivity index (χ2v) is 2.36. The molecule has 56 valence electrons. The van der Waals surface area contributed by atoms with E-state index in [0.717, 1.165) is 11.3 Å². The maximum atomic E-state index is 5.52. The number of benzene rings is 1. The van der Waals surface area contributed by atoms with Crippen molar-refractivity contribution in [3.05, 3.63) is 29.8 Å². The Morgan fingerprint density at radius 3 is 3.00 bits per heavy atom. The summed E-state index contributed by atoms with van der Waals surface area (Å²) in [7, 11) is 0. The highest BCUT2D eigenvalue weighted by Gasteiger charge is 2.09. The highest BCUT2D eigenvalue weighted by molar-refractivity contribution is 5.52. The summed E-state index contributed by atoms with van der Waals surface area (Å²) in [5.41, 5.74) is 2.05. The summed E-state index contributed by atoms with van der Waals surface area (Å²) in [5, 5.41) is 8.82. The summed E-state index contributed by atoms with van der Waals surface area (Å²) in [5.74, 6) is 5.52. The zero-order valence-electron chi connectivity index (χ0n) is 5.94. The zero-order valence-corrected chi connectivity index (χ0v) is 5.94. The van der Waals surface area contributed by atoms with Gasteiger partial charge in [-0.05, 0) is 6.07 Å². The number of fused-ring (bicyclic) bond motifs is 1. The van der Waals surface area contributed by atoms with Gasteiger partial charge in [-0.3, -0.25) is 0 Å². The van der Waals surface area contributed by atoms with Gasteiger partial charge in [-0.15, -0.1) is 0 Å². The van der Waals surface area contributed by atoms with E-state index >= 15 is 0 Å². The van der Waals surface area contributed by atoms with Crippen LogP contribution in [0.25, 0.3) is 0 Å². The lowest BCUT2D eigenvalue weighted by molar-refractivity contribution is 0.751. The van der Waals surface area contributed by atoms with E-state index in [2.05, 4.69) is 10.3 Å². The molecule has 11 heavy (non-hydrogen) atoms. The van der Waals surface area contributed by atoms with Gasteiger partial charge in [-0.2, -0.15) is 10.2 Å². The Labute approximate surface area is 64.3 Å². The van der Waals surface area contributed by atoms with Gasteiger partial charge in [-0.25, -0.2) is 5.84 Å². The van der Waals surface area contributed by atoms with Crippen molar-refractivity contribution < 1.29 is 0 Å². The fourth-order valence-electron chi connectivity index (χ4n) is 1.09. The van der Waals surface area contributed by atoms with Gasteiger partial charge in [-0.1, -0.05) is 23.4 Å². The summed E-state index contributed by atoms with van der Waals surface area (Å²) in [6, 6.07) is 7.81. The first-order chi connectivity index (χ1) is 5.38. The number of nitrogens with zero attached hydrogens (tertiary/aromatic N) is 3. The standard InChI is InChI=1S/C7H8N4/c8-11-7-4-2-1-3-6(7)5-9-10-11/h1-4H,5,8H2. The lowest BCUT2D eigenvalue weighted by Crippen LogP contribution is -2.26. The van der Waals surface area contributed by atoms with E-state index in [-0.39, 0.29) is 0 Å². The van der Waals surface area contributed by atoms with Gasteiger partial charge in [0.25, 0.3) is 0 Å². The number of hydrazine groups is 1. The van der Waals surface area contributed by atoms with Gasteiger partial charge in [0.1, 0.15) is 0 Å². The highest BCUT2D eigenvalue weighted by Crippen LogP contribution is 2.22. The van der Waals surface area contributed by atoms with Crippen LogP contribution in [0.3, 0.4) is 0 Å². The van der Waals surface area contributed by atoms with Crippen molar-refractivity contribution in [2.24, 2.45) is 16.2 Å².